The number of hydrogen-bond donors (Lipinski definition) is 3. The van der Waals surface area contributed by atoms with Crippen LogP contribution in [0.15, 0.2) is 12.2 Å². The van der Waals surface area contributed by atoms with Crippen molar-refractivity contribution in [2.75, 3.05) is 26.4 Å². The summed E-state index contributed by atoms with van der Waals surface area (Å²) >= 11 is 0. The number of aliphatic hydroxyl groups excluding tert-OH is 2. The lowest BCUT2D eigenvalue weighted by molar-refractivity contribution is -0.160. The lowest BCUT2D eigenvalue weighted by Crippen LogP contribution is -2.29. The number of unbranched alkanes of at least 4 members (excludes halogenated alkanes) is 10. The first-order valence-corrected chi connectivity index (χ1v) is 15.1. The minimum absolute atomic E-state index is 0.0649. The van der Waals surface area contributed by atoms with E-state index in [0.29, 0.717) is 6.42 Å². The molecule has 0 aromatic carbocycles. The van der Waals surface area contributed by atoms with Gasteiger partial charge in [0.25, 0.3) is 0 Å². The Morgan fingerprint density at radius 3 is 2.05 bits per heavy atom. The van der Waals surface area contributed by atoms with Gasteiger partial charge in [0.15, 0.2) is 6.10 Å². The number of rotatable bonds is 25. The zero-order valence-electron chi connectivity index (χ0n) is 22.7. The van der Waals surface area contributed by atoms with E-state index in [9.17, 15) is 24.2 Å². The molecule has 0 bridgehead atoms. The summed E-state index contributed by atoms with van der Waals surface area (Å²) in [6, 6.07) is 0. The van der Waals surface area contributed by atoms with Crippen molar-refractivity contribution >= 4 is 19.8 Å². The molecule has 0 radical (unpaired) electrons. The molecule has 1 unspecified atom stereocenters. The highest BCUT2D eigenvalue weighted by Crippen LogP contribution is 2.43. The van der Waals surface area contributed by atoms with Crippen LogP contribution in [0.2, 0.25) is 0 Å². The van der Waals surface area contributed by atoms with E-state index in [-0.39, 0.29) is 19.4 Å². The highest BCUT2D eigenvalue weighted by atomic mass is 31.2. The minimum Gasteiger partial charge on any atom is -0.461 e. The average molecular weight is 553 g/mol. The molecule has 0 heterocycles. The van der Waals surface area contributed by atoms with Crippen LogP contribution in [0.5, 0.6) is 0 Å². The second-order valence-electron chi connectivity index (χ2n) is 9.09. The first kappa shape index (κ1) is 35.7. The Hall–Kier alpha value is -1.29. The van der Waals surface area contributed by atoms with Crippen molar-refractivity contribution in [1.29, 1.82) is 0 Å². The number of allylic oxidation sites excluding steroid dienone is 1. The lowest BCUT2D eigenvalue weighted by atomic mass is 10.1. The van der Waals surface area contributed by atoms with Crippen molar-refractivity contribution in [1.82, 2.24) is 0 Å². The van der Waals surface area contributed by atoms with Gasteiger partial charge in [-0.2, -0.15) is 0 Å². The third-order valence-corrected chi connectivity index (χ3v) is 6.40. The van der Waals surface area contributed by atoms with Gasteiger partial charge in [-0.05, 0) is 19.3 Å². The topological polar surface area (TPSA) is 149 Å². The average Bonchev–Trinajstić information content (AvgIpc) is 2.87. The predicted molar refractivity (Wildman–Crippen MR) is 141 cm³/mol. The van der Waals surface area contributed by atoms with E-state index in [4.69, 9.17) is 19.1 Å². The van der Waals surface area contributed by atoms with Gasteiger partial charge in [-0.15, -0.1) is 0 Å². The van der Waals surface area contributed by atoms with Gasteiger partial charge in [-0.1, -0.05) is 83.8 Å². The second-order valence-corrected chi connectivity index (χ2v) is 10.5. The van der Waals surface area contributed by atoms with Gasteiger partial charge in [0, 0.05) is 6.42 Å². The molecule has 0 amide bonds. The molecule has 0 spiro atoms. The monoisotopic (exact) mass is 552 g/mol. The summed E-state index contributed by atoms with van der Waals surface area (Å²) in [6.07, 6.45) is 14.3. The van der Waals surface area contributed by atoms with E-state index < -0.39 is 51.8 Å². The molecule has 37 heavy (non-hydrogen) atoms. The maximum atomic E-state index is 12.2. The zero-order chi connectivity index (χ0) is 27.8. The number of aliphatic hydroxyl groups is 2. The molecular formula is C26H49O10P. The van der Waals surface area contributed by atoms with Gasteiger partial charge in [-0.3, -0.25) is 18.6 Å². The van der Waals surface area contributed by atoms with Crippen molar-refractivity contribution in [2.45, 2.75) is 116 Å². The van der Waals surface area contributed by atoms with E-state index in [0.717, 1.165) is 44.9 Å². The van der Waals surface area contributed by atoms with E-state index in [1.54, 1.807) is 6.08 Å². The zero-order valence-corrected chi connectivity index (χ0v) is 23.6. The standard InChI is InChI=1S/C26H49O10P/c1-3-5-7-9-10-11-12-14-15-17-25(29)33-21-24(36-26(30)18-16-13-8-6-4-2)22-35-37(31,32)34-20-23(28)19-27/h14-15,23-24,27-28H,3-13,16-22H2,1-2H3,(H,31,32)/b15-14-/t23-,24+/m0/s1. The summed E-state index contributed by atoms with van der Waals surface area (Å²) in [5.41, 5.74) is 0. The van der Waals surface area contributed by atoms with Crippen molar-refractivity contribution in [3.63, 3.8) is 0 Å². The number of carbonyl (C=O) groups is 2. The van der Waals surface area contributed by atoms with Crippen molar-refractivity contribution in [3.05, 3.63) is 12.2 Å². The number of carbonyl (C=O) groups excluding carboxylic acids is 2. The molecule has 0 aromatic rings. The highest BCUT2D eigenvalue weighted by molar-refractivity contribution is 7.47. The van der Waals surface area contributed by atoms with Crippen LogP contribution in [0.25, 0.3) is 0 Å². The minimum atomic E-state index is -4.59. The van der Waals surface area contributed by atoms with E-state index in [1.807, 2.05) is 6.08 Å². The van der Waals surface area contributed by atoms with Gasteiger partial charge in [0.05, 0.1) is 26.2 Å². The van der Waals surface area contributed by atoms with Crippen molar-refractivity contribution in [2.24, 2.45) is 0 Å². The predicted octanol–water partition coefficient (Wildman–Crippen LogP) is 4.99. The number of phosphoric acid groups is 1. The van der Waals surface area contributed by atoms with Crippen LogP contribution >= 0.6 is 7.82 Å². The quantitative estimate of drug-likeness (QED) is 0.0612. The molecule has 0 aliphatic rings. The molecule has 0 aromatic heterocycles. The van der Waals surface area contributed by atoms with E-state index in [1.165, 1.54) is 25.7 Å². The Morgan fingerprint density at radius 1 is 0.811 bits per heavy atom. The Balaban J connectivity index is 4.57. The first-order valence-electron chi connectivity index (χ1n) is 13.6. The molecule has 0 saturated carbocycles. The van der Waals surface area contributed by atoms with Gasteiger partial charge >= 0.3 is 19.8 Å². The molecule has 10 nitrogen and oxygen atoms in total. The summed E-state index contributed by atoms with van der Waals surface area (Å²) in [5, 5.41) is 18.0. The molecule has 0 fully saturated rings. The highest BCUT2D eigenvalue weighted by Gasteiger charge is 2.27. The van der Waals surface area contributed by atoms with Crippen LogP contribution < -0.4 is 0 Å². The molecular weight excluding hydrogens is 503 g/mol. The first-order chi connectivity index (χ1) is 17.7. The van der Waals surface area contributed by atoms with Crippen LogP contribution in [0.3, 0.4) is 0 Å². The normalized spacial score (nSPS) is 14.8. The van der Waals surface area contributed by atoms with Crippen LogP contribution in [0.4, 0.5) is 0 Å². The summed E-state index contributed by atoms with van der Waals surface area (Å²) in [6.45, 7) is 2.12. The third kappa shape index (κ3) is 23.6. The van der Waals surface area contributed by atoms with Crippen molar-refractivity contribution < 1.29 is 47.8 Å². The van der Waals surface area contributed by atoms with Gasteiger partial charge in [0.1, 0.15) is 12.7 Å². The van der Waals surface area contributed by atoms with Gasteiger partial charge < -0.3 is 24.6 Å². The van der Waals surface area contributed by atoms with Crippen LogP contribution in [0.1, 0.15) is 104 Å². The summed E-state index contributed by atoms with van der Waals surface area (Å²) in [7, 11) is -4.59. The molecule has 0 rings (SSSR count). The Morgan fingerprint density at radius 2 is 1.41 bits per heavy atom. The van der Waals surface area contributed by atoms with Crippen LogP contribution in [-0.2, 0) is 32.7 Å². The lowest BCUT2D eigenvalue weighted by Gasteiger charge is -2.20. The number of esters is 2. The largest absolute Gasteiger partial charge is 0.472 e. The molecule has 218 valence electrons. The van der Waals surface area contributed by atoms with Crippen LogP contribution in [0, 0.1) is 0 Å². The van der Waals surface area contributed by atoms with Gasteiger partial charge in [-0.25, -0.2) is 4.57 Å². The Kier molecular flexibility index (Phi) is 23.0. The SMILES string of the molecule is CCCCCCCC/C=C\CC(=O)OC[C@H](COP(=O)(O)OC[C@@H](O)CO)OC(=O)CCCCCCC. The fraction of sp³-hybridized carbons (Fsp3) is 0.846. The molecule has 3 atom stereocenters. The maximum Gasteiger partial charge on any atom is 0.472 e. The van der Waals surface area contributed by atoms with E-state index >= 15 is 0 Å². The second kappa shape index (κ2) is 23.8. The number of hydrogen-bond acceptors (Lipinski definition) is 9. The molecule has 0 aliphatic carbocycles. The summed E-state index contributed by atoms with van der Waals surface area (Å²) < 4.78 is 31.9. The molecule has 0 saturated heterocycles. The summed E-state index contributed by atoms with van der Waals surface area (Å²) in [5.74, 6) is -1.04. The maximum absolute atomic E-state index is 12.2. The Bertz CT molecular complexity index is 655. The number of ether oxygens (including phenoxy) is 2. The van der Waals surface area contributed by atoms with E-state index in [2.05, 4.69) is 18.4 Å². The fourth-order valence-corrected chi connectivity index (χ4v) is 4.06. The summed E-state index contributed by atoms with van der Waals surface area (Å²) in [4.78, 5) is 34.1. The molecule has 0 aliphatic heterocycles. The van der Waals surface area contributed by atoms with Crippen LogP contribution in [-0.4, -0.2) is 65.7 Å². The third-order valence-electron chi connectivity index (χ3n) is 5.45. The fourth-order valence-electron chi connectivity index (χ4n) is 3.27. The molecule has 3 N–H and O–H groups in total. The van der Waals surface area contributed by atoms with Crippen molar-refractivity contribution in [3.8, 4) is 0 Å². The Labute approximate surface area is 222 Å². The molecule has 11 heteroatoms. The number of phosphoric ester groups is 1. The smallest absolute Gasteiger partial charge is 0.461 e. The van der Waals surface area contributed by atoms with Gasteiger partial charge in [0.2, 0.25) is 0 Å².